The summed E-state index contributed by atoms with van der Waals surface area (Å²) in [6, 6.07) is 11.0. The van der Waals surface area contributed by atoms with Crippen LogP contribution in [0, 0.1) is 6.92 Å². The third kappa shape index (κ3) is 3.71. The summed E-state index contributed by atoms with van der Waals surface area (Å²) in [4.78, 5) is 31.9. The van der Waals surface area contributed by atoms with E-state index >= 15 is 0 Å². The number of aromatic nitrogens is 1. The Morgan fingerprint density at radius 2 is 1.94 bits per heavy atom. The molecule has 8 heteroatoms. The van der Waals surface area contributed by atoms with Gasteiger partial charge in [0.15, 0.2) is 23.0 Å². The van der Waals surface area contributed by atoms with Gasteiger partial charge >= 0.3 is 0 Å². The number of amides is 1. The van der Waals surface area contributed by atoms with E-state index in [1.54, 1.807) is 49.6 Å². The van der Waals surface area contributed by atoms with Gasteiger partial charge in [-0.1, -0.05) is 12.1 Å². The van der Waals surface area contributed by atoms with E-state index in [1.165, 1.54) is 25.2 Å². The number of methoxy groups -OCH3 is 2. The summed E-state index contributed by atoms with van der Waals surface area (Å²) in [5.41, 5.74) is 1.28. The van der Waals surface area contributed by atoms with Crippen molar-refractivity contribution in [3.8, 4) is 11.5 Å². The summed E-state index contributed by atoms with van der Waals surface area (Å²) in [7, 11) is 3.02. The molecule has 1 amide bonds. The zero-order valence-corrected chi connectivity index (χ0v) is 17.9. The SMILES string of the molecule is COc1ccc([C@H]2C(C(=O)c3ccc(C)o3)=C(O)C(=O)N2Cc2cccnc2)cc1OC. The Morgan fingerprint density at radius 1 is 1.16 bits per heavy atom. The van der Waals surface area contributed by atoms with Crippen molar-refractivity contribution in [1.82, 2.24) is 9.88 Å². The molecule has 1 atom stereocenters. The van der Waals surface area contributed by atoms with E-state index in [0.717, 1.165) is 5.56 Å². The predicted octanol–water partition coefficient (Wildman–Crippen LogP) is 3.78. The molecule has 0 spiro atoms. The highest BCUT2D eigenvalue weighted by Crippen LogP contribution is 2.42. The molecule has 0 fully saturated rings. The second kappa shape index (κ2) is 8.58. The lowest BCUT2D eigenvalue weighted by Crippen LogP contribution is -2.30. The third-order valence-electron chi connectivity index (χ3n) is 5.31. The van der Waals surface area contributed by atoms with Crippen LogP contribution in [-0.2, 0) is 11.3 Å². The Morgan fingerprint density at radius 3 is 2.56 bits per heavy atom. The fourth-order valence-electron chi connectivity index (χ4n) is 3.80. The first-order valence-electron chi connectivity index (χ1n) is 9.90. The van der Waals surface area contributed by atoms with Crippen molar-refractivity contribution in [3.63, 3.8) is 0 Å². The lowest BCUT2D eigenvalue weighted by atomic mass is 9.94. The number of Topliss-reactive ketones (excluding diaryl/α,β-unsaturated/α-hetero) is 1. The summed E-state index contributed by atoms with van der Waals surface area (Å²) in [5, 5.41) is 10.8. The van der Waals surface area contributed by atoms with Crippen molar-refractivity contribution in [3.05, 3.63) is 88.8 Å². The van der Waals surface area contributed by atoms with Gasteiger partial charge in [-0.25, -0.2) is 0 Å². The molecule has 4 rings (SSSR count). The monoisotopic (exact) mass is 434 g/mol. The van der Waals surface area contributed by atoms with Crippen molar-refractivity contribution >= 4 is 11.7 Å². The number of hydrogen-bond acceptors (Lipinski definition) is 7. The molecule has 0 saturated heterocycles. The topological polar surface area (TPSA) is 102 Å². The predicted molar refractivity (Wildman–Crippen MR) is 115 cm³/mol. The first-order chi connectivity index (χ1) is 15.4. The number of aliphatic hydroxyl groups excluding tert-OH is 1. The second-order valence-corrected chi connectivity index (χ2v) is 7.31. The molecule has 0 bridgehead atoms. The van der Waals surface area contributed by atoms with Gasteiger partial charge < -0.3 is 23.9 Å². The molecule has 3 heterocycles. The van der Waals surface area contributed by atoms with E-state index in [9.17, 15) is 14.7 Å². The number of rotatable bonds is 7. The number of carbonyl (C=O) groups is 2. The van der Waals surface area contributed by atoms with Crippen molar-refractivity contribution in [2.24, 2.45) is 0 Å². The molecule has 1 aromatic carbocycles. The maximum atomic E-state index is 13.3. The molecule has 3 aromatic rings. The minimum atomic E-state index is -0.861. The molecule has 0 saturated carbocycles. The van der Waals surface area contributed by atoms with Gasteiger partial charge in [-0.3, -0.25) is 14.6 Å². The Bertz CT molecular complexity index is 1200. The first kappa shape index (κ1) is 21.2. The fraction of sp³-hybridized carbons (Fsp3) is 0.208. The fourth-order valence-corrected chi connectivity index (χ4v) is 3.80. The first-order valence-corrected chi connectivity index (χ1v) is 9.90. The number of nitrogens with zero attached hydrogens (tertiary/aromatic N) is 2. The molecule has 1 N–H and O–H groups in total. The van der Waals surface area contributed by atoms with Crippen LogP contribution in [0.5, 0.6) is 11.5 Å². The number of hydrogen-bond donors (Lipinski definition) is 1. The van der Waals surface area contributed by atoms with E-state index in [0.29, 0.717) is 22.8 Å². The minimum absolute atomic E-state index is 0.0468. The summed E-state index contributed by atoms with van der Waals surface area (Å²) >= 11 is 0. The third-order valence-corrected chi connectivity index (χ3v) is 5.31. The summed E-state index contributed by atoms with van der Waals surface area (Å²) < 4.78 is 16.2. The van der Waals surface area contributed by atoms with E-state index in [4.69, 9.17) is 13.9 Å². The molecule has 0 aliphatic carbocycles. The van der Waals surface area contributed by atoms with E-state index < -0.39 is 23.5 Å². The second-order valence-electron chi connectivity index (χ2n) is 7.31. The highest BCUT2D eigenvalue weighted by molar-refractivity contribution is 6.15. The number of ketones is 1. The van der Waals surface area contributed by atoms with Gasteiger partial charge in [0, 0.05) is 18.9 Å². The lowest BCUT2D eigenvalue weighted by Gasteiger charge is -2.27. The van der Waals surface area contributed by atoms with Crippen molar-refractivity contribution in [2.75, 3.05) is 14.2 Å². The summed E-state index contributed by atoms with van der Waals surface area (Å²) in [6.45, 7) is 1.86. The summed E-state index contributed by atoms with van der Waals surface area (Å²) in [6.07, 6.45) is 3.26. The van der Waals surface area contributed by atoms with E-state index in [1.807, 2.05) is 6.07 Å². The van der Waals surface area contributed by atoms with Crippen LogP contribution in [0.2, 0.25) is 0 Å². The maximum Gasteiger partial charge on any atom is 0.290 e. The molecule has 164 valence electrons. The van der Waals surface area contributed by atoms with Gasteiger partial charge in [-0.05, 0) is 48.4 Å². The molecule has 0 radical (unpaired) electrons. The number of aryl methyl sites for hydroxylation is 1. The van der Waals surface area contributed by atoms with Crippen LogP contribution in [0.15, 0.2) is 70.6 Å². The molecule has 0 unspecified atom stereocenters. The quantitative estimate of drug-likeness (QED) is 0.565. The minimum Gasteiger partial charge on any atom is -0.503 e. The van der Waals surface area contributed by atoms with Crippen LogP contribution >= 0.6 is 0 Å². The molecule has 1 aliphatic heterocycles. The van der Waals surface area contributed by atoms with Gasteiger partial charge in [-0.2, -0.15) is 0 Å². The smallest absolute Gasteiger partial charge is 0.290 e. The molecular weight excluding hydrogens is 412 g/mol. The van der Waals surface area contributed by atoms with Gasteiger partial charge in [0.05, 0.1) is 25.8 Å². The van der Waals surface area contributed by atoms with Crippen LogP contribution in [0.3, 0.4) is 0 Å². The highest BCUT2D eigenvalue weighted by Gasteiger charge is 2.44. The Balaban J connectivity index is 1.83. The highest BCUT2D eigenvalue weighted by atomic mass is 16.5. The van der Waals surface area contributed by atoms with Crippen LogP contribution < -0.4 is 9.47 Å². The Hall–Kier alpha value is -4.07. The molecule has 1 aliphatic rings. The van der Waals surface area contributed by atoms with E-state index in [2.05, 4.69) is 4.98 Å². The normalized spacial score (nSPS) is 15.9. The number of furan rings is 1. The molecule has 8 nitrogen and oxygen atoms in total. The zero-order valence-electron chi connectivity index (χ0n) is 17.9. The number of ether oxygens (including phenoxy) is 2. The van der Waals surface area contributed by atoms with Crippen LogP contribution in [0.4, 0.5) is 0 Å². The van der Waals surface area contributed by atoms with Gasteiger partial charge in [-0.15, -0.1) is 0 Å². The standard InChI is InChI=1S/C24H22N2O6/c1-14-6-8-18(32-14)22(27)20-21(16-7-9-17(30-2)19(11-16)31-3)26(24(29)23(20)28)13-15-5-4-10-25-12-15/h4-12,21,28H,13H2,1-3H3/t21-/m0/s1. The average Bonchev–Trinajstić information content (AvgIpc) is 3.35. The molecular formula is C24H22N2O6. The van der Waals surface area contributed by atoms with Gasteiger partial charge in [0.25, 0.3) is 5.91 Å². The lowest BCUT2D eigenvalue weighted by molar-refractivity contribution is -0.130. The van der Waals surface area contributed by atoms with Gasteiger partial charge in [0.2, 0.25) is 5.78 Å². The summed E-state index contributed by atoms with van der Waals surface area (Å²) in [5.74, 6) is -0.281. The number of aliphatic hydroxyl groups is 1. The number of carbonyl (C=O) groups excluding carboxylic acids is 2. The van der Waals surface area contributed by atoms with Crippen LogP contribution in [0.25, 0.3) is 0 Å². The van der Waals surface area contributed by atoms with Crippen LogP contribution in [-0.4, -0.2) is 40.9 Å². The van der Waals surface area contributed by atoms with Gasteiger partial charge in [0.1, 0.15) is 5.76 Å². The maximum absolute atomic E-state index is 13.3. The van der Waals surface area contributed by atoms with Crippen molar-refractivity contribution in [2.45, 2.75) is 19.5 Å². The Kier molecular flexibility index (Phi) is 5.68. The van der Waals surface area contributed by atoms with E-state index in [-0.39, 0.29) is 17.9 Å². The average molecular weight is 434 g/mol. The number of benzene rings is 1. The number of pyridine rings is 1. The largest absolute Gasteiger partial charge is 0.503 e. The van der Waals surface area contributed by atoms with Crippen molar-refractivity contribution < 1.29 is 28.6 Å². The molecule has 32 heavy (non-hydrogen) atoms. The molecule has 2 aromatic heterocycles. The van der Waals surface area contributed by atoms with Crippen LogP contribution in [0.1, 0.15) is 33.5 Å². The zero-order chi connectivity index (χ0) is 22.8. The Labute approximate surface area is 184 Å². The van der Waals surface area contributed by atoms with Crippen molar-refractivity contribution in [1.29, 1.82) is 0 Å².